The summed E-state index contributed by atoms with van der Waals surface area (Å²) in [5.74, 6) is 0.770. The molecule has 2 amide bonds. The van der Waals surface area contributed by atoms with Crippen LogP contribution in [0, 0.1) is 6.92 Å². The number of nitrogens with one attached hydrogen (secondary N) is 1. The normalized spacial score (nSPS) is 16.1. The van der Waals surface area contributed by atoms with Gasteiger partial charge < -0.3 is 9.84 Å². The molecular weight excluding hydrogens is 471 g/mol. The molecule has 0 radical (unpaired) electrons. The minimum atomic E-state index is -0.535. The summed E-state index contributed by atoms with van der Waals surface area (Å²) in [5, 5.41) is 8.39. The summed E-state index contributed by atoms with van der Waals surface area (Å²) in [7, 11) is 0. The number of amides is 2. The van der Waals surface area contributed by atoms with E-state index >= 15 is 0 Å². The molecule has 1 unspecified atom stereocenters. The second-order valence-electron chi connectivity index (χ2n) is 7.99. The van der Waals surface area contributed by atoms with Gasteiger partial charge in [-0.2, -0.15) is 4.98 Å². The monoisotopic (exact) mass is 490 g/mol. The van der Waals surface area contributed by atoms with Gasteiger partial charge in [-0.15, -0.1) is 0 Å². The minimum absolute atomic E-state index is 0.297. The first-order chi connectivity index (χ1) is 16.4. The Morgan fingerprint density at radius 1 is 0.971 bits per heavy atom. The van der Waals surface area contributed by atoms with Gasteiger partial charge in [0.15, 0.2) is 0 Å². The molecule has 5 rings (SSSR count). The molecule has 1 aromatic heterocycles. The van der Waals surface area contributed by atoms with E-state index in [2.05, 4.69) is 15.5 Å². The van der Waals surface area contributed by atoms with Crippen molar-refractivity contribution in [2.75, 3.05) is 4.90 Å². The first kappa shape index (κ1) is 22.2. The maximum atomic E-state index is 13.3. The fraction of sp³-hybridized carbons (Fsp3) is 0.115. The van der Waals surface area contributed by atoms with Crippen LogP contribution < -0.4 is 10.2 Å². The van der Waals surface area contributed by atoms with Crippen LogP contribution in [0.5, 0.6) is 0 Å². The van der Waals surface area contributed by atoms with Crippen molar-refractivity contribution < 1.29 is 9.32 Å². The molecule has 0 saturated carbocycles. The molecule has 34 heavy (non-hydrogen) atoms. The molecule has 3 aromatic carbocycles. The summed E-state index contributed by atoms with van der Waals surface area (Å²) in [4.78, 5) is 19.5. The Balaban J connectivity index is 1.67. The molecule has 1 N–H and O–H groups in total. The molecule has 1 aliphatic heterocycles. The van der Waals surface area contributed by atoms with Crippen LogP contribution >= 0.6 is 23.2 Å². The van der Waals surface area contributed by atoms with Gasteiger partial charge in [-0.05, 0) is 49.2 Å². The van der Waals surface area contributed by atoms with Crippen LogP contribution in [-0.2, 0) is 0 Å². The van der Waals surface area contributed by atoms with Crippen LogP contribution in [0.25, 0.3) is 17.0 Å². The lowest BCUT2D eigenvalue weighted by molar-refractivity contribution is 0.244. The number of carbonyl (C=O) groups excluding carboxylic acids is 1. The lowest BCUT2D eigenvalue weighted by atomic mass is 9.94. The van der Waals surface area contributed by atoms with E-state index in [1.807, 2.05) is 74.5 Å². The number of hydrogen-bond acceptors (Lipinski definition) is 4. The standard InChI is InChI=1S/C26H20Cl2N4O2/c1-15-11-12-20(14-21(15)28)32-16(2)22(23(29-26(32)33)18-9-6-10-19(27)13-18)25-30-24(31-34-25)17-7-4-3-5-8-17/h3-14,23H,1-2H3,(H,29,33). The fourth-order valence-electron chi connectivity index (χ4n) is 4.03. The van der Waals surface area contributed by atoms with E-state index in [1.165, 1.54) is 0 Å². The third kappa shape index (κ3) is 4.06. The zero-order valence-corrected chi connectivity index (χ0v) is 19.9. The van der Waals surface area contributed by atoms with Gasteiger partial charge in [-0.3, -0.25) is 4.90 Å². The predicted molar refractivity (Wildman–Crippen MR) is 134 cm³/mol. The van der Waals surface area contributed by atoms with E-state index in [9.17, 15) is 4.79 Å². The Hall–Kier alpha value is -3.61. The summed E-state index contributed by atoms with van der Waals surface area (Å²) < 4.78 is 5.72. The number of hydrogen-bond donors (Lipinski definition) is 1. The van der Waals surface area contributed by atoms with Crippen LogP contribution in [0.15, 0.2) is 83.0 Å². The number of aromatic nitrogens is 2. The number of halogens is 2. The summed E-state index contributed by atoms with van der Waals surface area (Å²) >= 11 is 12.6. The smallest absolute Gasteiger partial charge is 0.326 e. The Kier molecular flexibility index (Phi) is 5.86. The molecule has 4 aromatic rings. The summed E-state index contributed by atoms with van der Waals surface area (Å²) in [6, 6.07) is 21.6. The maximum absolute atomic E-state index is 13.3. The molecule has 0 aliphatic carbocycles. The van der Waals surface area contributed by atoms with Crippen molar-refractivity contribution in [3.63, 3.8) is 0 Å². The second kappa shape index (κ2) is 8.97. The van der Waals surface area contributed by atoms with Gasteiger partial charge in [0.1, 0.15) is 0 Å². The molecule has 1 aliphatic rings. The average molecular weight is 491 g/mol. The number of nitrogens with zero attached hydrogens (tertiary/aromatic N) is 3. The number of aryl methyl sites for hydroxylation is 1. The molecular formula is C26H20Cl2N4O2. The van der Waals surface area contributed by atoms with E-state index in [1.54, 1.807) is 17.0 Å². The lowest BCUT2D eigenvalue weighted by Crippen LogP contribution is -2.46. The number of allylic oxidation sites excluding steroid dienone is 1. The molecule has 8 heteroatoms. The van der Waals surface area contributed by atoms with Gasteiger partial charge >= 0.3 is 6.03 Å². The second-order valence-corrected chi connectivity index (χ2v) is 8.84. The van der Waals surface area contributed by atoms with Gasteiger partial charge in [-0.25, -0.2) is 4.79 Å². The highest BCUT2D eigenvalue weighted by atomic mass is 35.5. The number of carbonyl (C=O) groups is 1. The van der Waals surface area contributed by atoms with E-state index in [4.69, 9.17) is 27.7 Å². The van der Waals surface area contributed by atoms with Gasteiger partial charge in [0.25, 0.3) is 5.89 Å². The number of benzene rings is 3. The highest BCUT2D eigenvalue weighted by molar-refractivity contribution is 6.31. The van der Waals surface area contributed by atoms with E-state index < -0.39 is 6.04 Å². The van der Waals surface area contributed by atoms with Gasteiger partial charge in [0, 0.05) is 21.3 Å². The number of rotatable bonds is 4. The highest BCUT2D eigenvalue weighted by Gasteiger charge is 2.36. The summed E-state index contributed by atoms with van der Waals surface area (Å²) in [5.41, 5.74) is 4.51. The first-order valence-corrected chi connectivity index (χ1v) is 11.4. The van der Waals surface area contributed by atoms with Crippen molar-refractivity contribution >= 4 is 40.5 Å². The molecule has 2 heterocycles. The van der Waals surface area contributed by atoms with Crippen molar-refractivity contribution in [3.8, 4) is 11.4 Å². The Labute approximate surface area is 206 Å². The van der Waals surface area contributed by atoms with E-state index in [0.717, 1.165) is 16.7 Å². The van der Waals surface area contributed by atoms with Gasteiger partial charge in [-0.1, -0.05) is 76.9 Å². The summed E-state index contributed by atoms with van der Waals surface area (Å²) in [6.45, 7) is 3.76. The van der Waals surface area contributed by atoms with E-state index in [-0.39, 0.29) is 6.03 Å². The molecule has 6 nitrogen and oxygen atoms in total. The van der Waals surface area contributed by atoms with E-state index in [0.29, 0.717) is 38.7 Å². The molecule has 0 bridgehead atoms. The fourth-order valence-corrected chi connectivity index (χ4v) is 4.40. The van der Waals surface area contributed by atoms with Crippen molar-refractivity contribution in [3.05, 3.63) is 106 Å². The predicted octanol–water partition coefficient (Wildman–Crippen LogP) is 7.05. The minimum Gasteiger partial charge on any atom is -0.334 e. The third-order valence-electron chi connectivity index (χ3n) is 5.77. The number of urea groups is 1. The zero-order valence-electron chi connectivity index (χ0n) is 18.4. The van der Waals surface area contributed by atoms with Crippen molar-refractivity contribution in [2.45, 2.75) is 19.9 Å². The molecule has 0 spiro atoms. The molecule has 0 saturated heterocycles. The first-order valence-electron chi connectivity index (χ1n) is 10.6. The summed E-state index contributed by atoms with van der Waals surface area (Å²) in [6.07, 6.45) is 0. The van der Waals surface area contributed by atoms with Crippen molar-refractivity contribution in [1.29, 1.82) is 0 Å². The number of anilines is 1. The third-order valence-corrected chi connectivity index (χ3v) is 6.41. The van der Waals surface area contributed by atoms with Crippen LogP contribution in [0.3, 0.4) is 0 Å². The van der Waals surface area contributed by atoms with Crippen molar-refractivity contribution in [2.24, 2.45) is 0 Å². The average Bonchev–Trinajstić information content (AvgIpc) is 3.31. The maximum Gasteiger partial charge on any atom is 0.326 e. The molecule has 0 fully saturated rings. The van der Waals surface area contributed by atoms with Gasteiger partial charge in [0.2, 0.25) is 5.82 Å². The van der Waals surface area contributed by atoms with Gasteiger partial charge in [0.05, 0.1) is 17.3 Å². The van der Waals surface area contributed by atoms with Crippen LogP contribution in [-0.4, -0.2) is 16.2 Å². The Morgan fingerprint density at radius 3 is 2.50 bits per heavy atom. The van der Waals surface area contributed by atoms with Crippen LogP contribution in [0.4, 0.5) is 10.5 Å². The SMILES string of the molecule is CC1=C(c2nc(-c3ccccc3)no2)C(c2cccc(Cl)c2)NC(=O)N1c1ccc(C)c(Cl)c1. The Morgan fingerprint density at radius 2 is 1.76 bits per heavy atom. The zero-order chi connectivity index (χ0) is 23.8. The quantitative estimate of drug-likeness (QED) is 0.332. The lowest BCUT2D eigenvalue weighted by Gasteiger charge is -2.35. The van der Waals surface area contributed by atoms with Crippen molar-refractivity contribution in [1.82, 2.24) is 15.5 Å². The topological polar surface area (TPSA) is 71.3 Å². The van der Waals surface area contributed by atoms with Crippen LogP contribution in [0.2, 0.25) is 10.0 Å². The molecule has 170 valence electrons. The highest BCUT2D eigenvalue weighted by Crippen LogP contribution is 2.40. The van der Waals surface area contributed by atoms with Crippen LogP contribution in [0.1, 0.15) is 30.0 Å². The molecule has 1 atom stereocenters. The Bertz CT molecular complexity index is 1420. The largest absolute Gasteiger partial charge is 0.334 e.